The SMILES string of the molecule is CCCCCc1oc(CCCCCCCCCCCCC(=O)O[C@H](COC(=O)CCCCCCCCCCc2oc(CCC)cc2C)COP(=O)(O)OCCN(C)C)c(C)c1C. The molecule has 2 aromatic rings. The minimum Gasteiger partial charge on any atom is -0.466 e. The third-order valence-electron chi connectivity index (χ3n) is 11.7. The number of carbonyl (C=O) groups excluding carboxylic acids is 2. The van der Waals surface area contributed by atoms with E-state index in [4.69, 9.17) is 27.4 Å². The molecule has 12 heteroatoms. The number of nitrogens with zero attached hydrogens (tertiary/aromatic N) is 1. The molecule has 0 aliphatic rings. The fourth-order valence-corrected chi connectivity index (χ4v) is 8.44. The molecule has 0 bridgehead atoms. The lowest BCUT2D eigenvalue weighted by Crippen LogP contribution is -2.29. The second kappa shape index (κ2) is 34.0. The highest BCUT2D eigenvalue weighted by Crippen LogP contribution is 2.43. The topological polar surface area (TPSA) is 138 Å². The van der Waals surface area contributed by atoms with Crippen LogP contribution in [0.4, 0.5) is 0 Å². The van der Waals surface area contributed by atoms with Gasteiger partial charge in [-0.05, 0) is 96.1 Å². The Morgan fingerprint density at radius 3 is 1.61 bits per heavy atom. The summed E-state index contributed by atoms with van der Waals surface area (Å²) in [5.41, 5.74) is 3.96. The fraction of sp³-hybridized carbons (Fsp3) is 0.800. The largest absolute Gasteiger partial charge is 0.472 e. The smallest absolute Gasteiger partial charge is 0.466 e. The van der Waals surface area contributed by atoms with Gasteiger partial charge < -0.3 is 28.1 Å². The first-order valence-electron chi connectivity index (χ1n) is 24.6. The van der Waals surface area contributed by atoms with E-state index in [0.717, 1.165) is 95.0 Å². The highest BCUT2D eigenvalue weighted by Gasteiger charge is 2.26. The Morgan fingerprint density at radius 1 is 0.613 bits per heavy atom. The zero-order valence-electron chi connectivity index (χ0n) is 40.3. The summed E-state index contributed by atoms with van der Waals surface area (Å²) in [5, 5.41) is 0. The number of carbonyl (C=O) groups is 2. The first-order valence-corrected chi connectivity index (χ1v) is 26.1. The van der Waals surface area contributed by atoms with Crippen molar-refractivity contribution in [3.8, 4) is 0 Å². The minimum atomic E-state index is -4.38. The van der Waals surface area contributed by atoms with E-state index in [-0.39, 0.29) is 32.0 Å². The van der Waals surface area contributed by atoms with Crippen molar-refractivity contribution in [2.24, 2.45) is 0 Å². The third kappa shape index (κ3) is 26.4. The number of unbranched alkanes of at least 4 members (excludes halogenated alkanes) is 18. The predicted molar refractivity (Wildman–Crippen MR) is 250 cm³/mol. The van der Waals surface area contributed by atoms with E-state index in [9.17, 15) is 19.0 Å². The van der Waals surface area contributed by atoms with Crippen LogP contribution in [0.25, 0.3) is 0 Å². The van der Waals surface area contributed by atoms with E-state index in [2.05, 4.69) is 40.7 Å². The number of ether oxygens (including phenoxy) is 2. The number of esters is 2. The summed E-state index contributed by atoms with van der Waals surface area (Å²) in [4.78, 5) is 37.3. The van der Waals surface area contributed by atoms with Crippen LogP contribution in [-0.2, 0) is 58.4 Å². The molecule has 0 radical (unpaired) electrons. The molecule has 2 atom stereocenters. The quantitative estimate of drug-likeness (QED) is 0.0389. The number of likely N-dealkylation sites (N-methyl/N-ethyl adjacent to an activating group) is 1. The summed E-state index contributed by atoms with van der Waals surface area (Å²) in [5.74, 6) is 3.78. The van der Waals surface area contributed by atoms with Gasteiger partial charge in [-0.25, -0.2) is 4.57 Å². The van der Waals surface area contributed by atoms with Crippen molar-refractivity contribution in [2.45, 2.75) is 221 Å². The van der Waals surface area contributed by atoms with Crippen molar-refractivity contribution in [3.63, 3.8) is 0 Å². The summed E-state index contributed by atoms with van der Waals surface area (Å²) in [6, 6.07) is 2.18. The van der Waals surface area contributed by atoms with Crippen LogP contribution in [0.2, 0.25) is 0 Å². The zero-order valence-corrected chi connectivity index (χ0v) is 41.2. The molecule has 0 aromatic carbocycles. The number of rotatable bonds is 40. The van der Waals surface area contributed by atoms with Crippen molar-refractivity contribution in [2.75, 3.05) is 40.5 Å². The Labute approximate surface area is 376 Å². The standard InChI is InChI=1S/C50H88NO10P/c1-8-10-25-32-47-42(4)43(5)48(61-47)33-27-22-18-13-11-12-14-20-24-29-35-50(53)60-45(40-58-62(54,55)57-37-36-51(6)7)39-56-49(52)34-28-23-19-16-15-17-21-26-31-46-41(3)38-44(59-46)30-9-2/h38,45H,8-37,39-40H2,1-7H3,(H,54,55)/t45-/m1/s1. The molecule has 1 unspecified atom stereocenters. The molecule has 0 aliphatic carbocycles. The van der Waals surface area contributed by atoms with E-state index in [1.165, 1.54) is 105 Å². The molecular formula is C50H88NO10P. The van der Waals surface area contributed by atoms with Gasteiger partial charge in [0, 0.05) is 45.1 Å². The lowest BCUT2D eigenvalue weighted by molar-refractivity contribution is -0.161. The van der Waals surface area contributed by atoms with Crippen LogP contribution in [0, 0.1) is 20.8 Å². The summed E-state index contributed by atoms with van der Waals surface area (Å²) in [7, 11) is -0.738. The highest BCUT2D eigenvalue weighted by atomic mass is 31.2. The molecule has 0 fully saturated rings. The minimum absolute atomic E-state index is 0.00237. The van der Waals surface area contributed by atoms with E-state index in [0.29, 0.717) is 13.0 Å². The van der Waals surface area contributed by atoms with Gasteiger partial charge in [-0.15, -0.1) is 0 Å². The molecule has 11 nitrogen and oxygen atoms in total. The van der Waals surface area contributed by atoms with Gasteiger partial charge in [0.2, 0.25) is 0 Å². The average Bonchev–Trinajstić information content (AvgIpc) is 3.72. The van der Waals surface area contributed by atoms with Gasteiger partial charge in [0.15, 0.2) is 6.10 Å². The van der Waals surface area contributed by atoms with Crippen LogP contribution >= 0.6 is 7.82 Å². The Balaban J connectivity index is 1.58. The molecule has 2 aromatic heterocycles. The van der Waals surface area contributed by atoms with Crippen molar-refractivity contribution >= 4 is 19.8 Å². The number of phosphoric ester groups is 1. The van der Waals surface area contributed by atoms with E-state index in [1.807, 2.05) is 19.0 Å². The second-order valence-corrected chi connectivity index (χ2v) is 19.2. The van der Waals surface area contributed by atoms with Gasteiger partial charge in [-0.2, -0.15) is 0 Å². The maximum Gasteiger partial charge on any atom is 0.472 e. The van der Waals surface area contributed by atoms with Gasteiger partial charge in [0.05, 0.1) is 13.2 Å². The molecule has 1 N–H and O–H groups in total. The lowest BCUT2D eigenvalue weighted by Gasteiger charge is -2.20. The summed E-state index contributed by atoms with van der Waals surface area (Å²) < 4.78 is 45.9. The van der Waals surface area contributed by atoms with Gasteiger partial charge in [0.1, 0.15) is 29.6 Å². The Bertz CT molecular complexity index is 1520. The van der Waals surface area contributed by atoms with Crippen LogP contribution in [0.1, 0.15) is 208 Å². The first-order chi connectivity index (χ1) is 29.8. The van der Waals surface area contributed by atoms with Crippen molar-refractivity contribution < 1.29 is 46.4 Å². The van der Waals surface area contributed by atoms with E-state index >= 15 is 0 Å². The van der Waals surface area contributed by atoms with Crippen molar-refractivity contribution in [1.82, 2.24) is 4.90 Å². The maximum absolute atomic E-state index is 12.8. The predicted octanol–water partition coefficient (Wildman–Crippen LogP) is 13.2. The van der Waals surface area contributed by atoms with Crippen molar-refractivity contribution in [3.05, 3.63) is 45.8 Å². The van der Waals surface area contributed by atoms with Crippen molar-refractivity contribution in [1.29, 1.82) is 0 Å². The van der Waals surface area contributed by atoms with E-state index in [1.54, 1.807) is 0 Å². The molecule has 0 aliphatic heterocycles. The highest BCUT2D eigenvalue weighted by molar-refractivity contribution is 7.47. The average molecular weight is 894 g/mol. The normalized spacial score (nSPS) is 13.2. The van der Waals surface area contributed by atoms with E-state index < -0.39 is 26.5 Å². The molecule has 0 saturated carbocycles. The maximum atomic E-state index is 12.8. The Morgan fingerprint density at radius 2 is 1.10 bits per heavy atom. The molecule has 62 heavy (non-hydrogen) atoms. The van der Waals surface area contributed by atoms with Crippen LogP contribution < -0.4 is 0 Å². The number of hydrogen-bond acceptors (Lipinski definition) is 10. The monoisotopic (exact) mass is 894 g/mol. The van der Waals surface area contributed by atoms with Gasteiger partial charge in [-0.3, -0.25) is 18.6 Å². The molecule has 358 valence electrons. The number of hydrogen-bond donors (Lipinski definition) is 1. The summed E-state index contributed by atoms with van der Waals surface area (Å²) in [6.45, 7) is 10.7. The van der Waals surface area contributed by atoms with Crippen LogP contribution in [0.15, 0.2) is 14.9 Å². The summed E-state index contributed by atoms with van der Waals surface area (Å²) >= 11 is 0. The molecule has 0 saturated heterocycles. The second-order valence-electron chi connectivity index (χ2n) is 17.8. The van der Waals surface area contributed by atoms with Gasteiger partial charge in [-0.1, -0.05) is 117 Å². The molecule has 0 spiro atoms. The molecule has 2 heterocycles. The number of phosphoric acid groups is 1. The summed E-state index contributed by atoms with van der Waals surface area (Å²) in [6.07, 6.45) is 28.0. The molecule has 0 amide bonds. The fourth-order valence-electron chi connectivity index (χ4n) is 7.70. The van der Waals surface area contributed by atoms with Crippen LogP contribution in [0.5, 0.6) is 0 Å². The van der Waals surface area contributed by atoms with Gasteiger partial charge in [0.25, 0.3) is 0 Å². The Hall–Kier alpha value is -2.43. The third-order valence-corrected chi connectivity index (χ3v) is 12.7. The van der Waals surface area contributed by atoms with Crippen LogP contribution in [0.3, 0.4) is 0 Å². The van der Waals surface area contributed by atoms with Gasteiger partial charge >= 0.3 is 19.8 Å². The molecular weight excluding hydrogens is 806 g/mol. The first kappa shape index (κ1) is 55.7. The lowest BCUT2D eigenvalue weighted by atomic mass is 10.0. The number of aryl methyl sites for hydroxylation is 5. The molecule has 2 rings (SSSR count). The number of furan rings is 2. The Kier molecular flexibility index (Phi) is 30.5. The van der Waals surface area contributed by atoms with Crippen LogP contribution in [-0.4, -0.2) is 68.3 Å². The zero-order chi connectivity index (χ0) is 45.4.